The highest BCUT2D eigenvalue weighted by atomic mass is 79.9. The summed E-state index contributed by atoms with van der Waals surface area (Å²) in [5, 5.41) is 22.1. The molecule has 0 aromatic heterocycles. The van der Waals surface area contributed by atoms with Gasteiger partial charge in [0, 0.05) is 21.3 Å². The molecule has 130 valence electrons. The highest BCUT2D eigenvalue weighted by Gasteiger charge is 2.14. The van der Waals surface area contributed by atoms with Crippen molar-refractivity contribution in [1.82, 2.24) is 0 Å². The fraction of sp³-hybridized carbons (Fsp3) is 0.333. The lowest BCUT2D eigenvalue weighted by atomic mass is 9.92. The van der Waals surface area contributed by atoms with Gasteiger partial charge in [0.15, 0.2) is 0 Å². The van der Waals surface area contributed by atoms with Gasteiger partial charge in [0.25, 0.3) is 0 Å². The van der Waals surface area contributed by atoms with Crippen LogP contribution >= 0.6 is 63.7 Å². The number of rotatable bonds is 7. The molecule has 0 fully saturated rings. The lowest BCUT2D eigenvalue weighted by Crippen LogP contribution is -2.01. The van der Waals surface area contributed by atoms with Gasteiger partial charge in [-0.2, -0.15) is 0 Å². The number of hydrogen-bond acceptors (Lipinski definition) is 2. The fourth-order valence-electron chi connectivity index (χ4n) is 2.81. The monoisotopic (exact) mass is 582 g/mol. The maximum Gasteiger partial charge on any atom is 0.0687 e. The van der Waals surface area contributed by atoms with Crippen LogP contribution < -0.4 is 0 Å². The molecule has 0 heterocycles. The Morgan fingerprint density at radius 1 is 0.542 bits per heavy atom. The molecule has 0 radical (unpaired) electrons. The standard InChI is InChI=1S/C18H18Br4O2/c19-5-13-1-11(2-14(6-20)17(13)9-23)12-3-15(7-21)18(10-24)16(4-12)8-22/h1-4,23-24H,5-10H2. The van der Waals surface area contributed by atoms with Crippen molar-refractivity contribution < 1.29 is 10.2 Å². The molecule has 6 heteroatoms. The molecule has 0 aliphatic heterocycles. The van der Waals surface area contributed by atoms with Gasteiger partial charge < -0.3 is 10.2 Å². The van der Waals surface area contributed by atoms with Crippen molar-refractivity contribution in [3.8, 4) is 11.1 Å². The average Bonchev–Trinajstić information content (AvgIpc) is 2.65. The van der Waals surface area contributed by atoms with Crippen LogP contribution in [0.1, 0.15) is 33.4 Å². The third-order valence-electron chi connectivity index (χ3n) is 4.09. The molecule has 2 N–H and O–H groups in total. The van der Waals surface area contributed by atoms with Crippen molar-refractivity contribution in [3.05, 3.63) is 57.6 Å². The molecule has 0 aliphatic carbocycles. The van der Waals surface area contributed by atoms with E-state index in [1.807, 2.05) is 0 Å². The van der Waals surface area contributed by atoms with E-state index in [2.05, 4.69) is 88.0 Å². The SMILES string of the molecule is OCc1c(CBr)cc(-c2cc(CBr)c(CO)c(CBr)c2)cc1CBr. The summed E-state index contributed by atoms with van der Waals surface area (Å²) in [7, 11) is 0. The summed E-state index contributed by atoms with van der Waals surface area (Å²) in [5.74, 6) is 0. The van der Waals surface area contributed by atoms with Crippen LogP contribution in [0.25, 0.3) is 11.1 Å². The number of aliphatic hydroxyl groups is 2. The summed E-state index contributed by atoms with van der Waals surface area (Å²) in [5.41, 5.74) is 8.55. The van der Waals surface area contributed by atoms with Gasteiger partial charge in [0.2, 0.25) is 0 Å². The summed E-state index contributed by atoms with van der Waals surface area (Å²) >= 11 is 14.1. The van der Waals surface area contributed by atoms with Gasteiger partial charge in [-0.25, -0.2) is 0 Å². The van der Waals surface area contributed by atoms with E-state index in [0.29, 0.717) is 21.3 Å². The van der Waals surface area contributed by atoms with Gasteiger partial charge in [0.05, 0.1) is 13.2 Å². The molecule has 0 spiro atoms. The zero-order valence-corrected chi connectivity index (χ0v) is 19.3. The molecular formula is C18H18Br4O2. The summed E-state index contributed by atoms with van der Waals surface area (Å²) in [6.45, 7) is 0.0653. The molecule has 0 bridgehead atoms. The minimum Gasteiger partial charge on any atom is -0.392 e. The lowest BCUT2D eigenvalue weighted by Gasteiger charge is -2.17. The molecular weight excluding hydrogens is 568 g/mol. The van der Waals surface area contributed by atoms with Crippen molar-refractivity contribution in [3.63, 3.8) is 0 Å². The highest BCUT2D eigenvalue weighted by molar-refractivity contribution is 9.09. The van der Waals surface area contributed by atoms with Crippen molar-refractivity contribution in [1.29, 1.82) is 0 Å². The smallest absolute Gasteiger partial charge is 0.0687 e. The zero-order chi connectivity index (χ0) is 17.7. The van der Waals surface area contributed by atoms with Gasteiger partial charge in [0.1, 0.15) is 0 Å². The number of alkyl halides is 4. The number of halogens is 4. The lowest BCUT2D eigenvalue weighted by molar-refractivity contribution is 0.280. The van der Waals surface area contributed by atoms with E-state index in [4.69, 9.17) is 0 Å². The molecule has 2 nitrogen and oxygen atoms in total. The van der Waals surface area contributed by atoms with E-state index in [9.17, 15) is 10.2 Å². The first-order valence-electron chi connectivity index (χ1n) is 7.38. The van der Waals surface area contributed by atoms with Crippen LogP contribution in [0.5, 0.6) is 0 Å². The third-order valence-corrected chi connectivity index (χ3v) is 6.51. The first kappa shape index (κ1) is 20.6. The number of aliphatic hydroxyl groups excluding tert-OH is 2. The minimum absolute atomic E-state index is 0.0326. The van der Waals surface area contributed by atoms with Crippen molar-refractivity contribution >= 4 is 63.7 Å². The second-order valence-corrected chi connectivity index (χ2v) is 7.64. The Hall–Kier alpha value is 0.280. The second kappa shape index (κ2) is 9.83. The van der Waals surface area contributed by atoms with Crippen molar-refractivity contribution in [2.45, 2.75) is 34.5 Å². The maximum absolute atomic E-state index is 9.67. The molecule has 2 rings (SSSR count). The first-order chi connectivity index (χ1) is 11.6. The van der Waals surface area contributed by atoms with Gasteiger partial charge in [-0.05, 0) is 68.8 Å². The predicted octanol–water partition coefficient (Wildman–Crippen LogP) is 5.92. The summed E-state index contributed by atoms with van der Waals surface area (Å²) in [6, 6.07) is 8.49. The predicted molar refractivity (Wildman–Crippen MR) is 114 cm³/mol. The molecule has 0 amide bonds. The van der Waals surface area contributed by atoms with Crippen molar-refractivity contribution in [2.75, 3.05) is 0 Å². The van der Waals surface area contributed by atoms with Crippen molar-refractivity contribution in [2.24, 2.45) is 0 Å². The zero-order valence-electron chi connectivity index (χ0n) is 13.0. The van der Waals surface area contributed by atoms with E-state index < -0.39 is 0 Å². The molecule has 0 unspecified atom stereocenters. The Labute approximate surface area is 176 Å². The van der Waals surface area contributed by atoms with E-state index in [1.54, 1.807) is 0 Å². The Bertz CT molecular complexity index is 605. The van der Waals surface area contributed by atoms with E-state index in [-0.39, 0.29) is 13.2 Å². The molecule has 24 heavy (non-hydrogen) atoms. The summed E-state index contributed by atoms with van der Waals surface area (Å²) in [4.78, 5) is 0. The third kappa shape index (κ3) is 4.33. The quantitative estimate of drug-likeness (QED) is 0.396. The van der Waals surface area contributed by atoms with Crippen LogP contribution in [0.3, 0.4) is 0 Å². The van der Waals surface area contributed by atoms with Gasteiger partial charge >= 0.3 is 0 Å². The topological polar surface area (TPSA) is 40.5 Å². The van der Waals surface area contributed by atoms with E-state index in [0.717, 1.165) is 44.5 Å². The van der Waals surface area contributed by atoms with Crippen LogP contribution in [-0.4, -0.2) is 10.2 Å². The summed E-state index contributed by atoms with van der Waals surface area (Å²) in [6.07, 6.45) is 0. The van der Waals surface area contributed by atoms with Crippen LogP contribution in [0.2, 0.25) is 0 Å². The largest absolute Gasteiger partial charge is 0.392 e. The number of hydrogen-bond donors (Lipinski definition) is 2. The second-order valence-electron chi connectivity index (χ2n) is 5.40. The van der Waals surface area contributed by atoms with Crippen LogP contribution in [0.4, 0.5) is 0 Å². The molecule has 0 saturated heterocycles. The normalized spacial score (nSPS) is 11.1. The Kier molecular flexibility index (Phi) is 8.44. The molecule has 0 saturated carbocycles. The van der Waals surface area contributed by atoms with Crippen LogP contribution in [-0.2, 0) is 34.5 Å². The summed E-state index contributed by atoms with van der Waals surface area (Å²) < 4.78 is 0. The Balaban J connectivity index is 2.67. The minimum atomic E-state index is 0.0326. The van der Waals surface area contributed by atoms with Crippen LogP contribution in [0, 0.1) is 0 Å². The number of benzene rings is 2. The molecule has 0 aliphatic rings. The highest BCUT2D eigenvalue weighted by Crippen LogP contribution is 2.32. The van der Waals surface area contributed by atoms with Gasteiger partial charge in [-0.15, -0.1) is 0 Å². The molecule has 0 atom stereocenters. The van der Waals surface area contributed by atoms with Crippen LogP contribution in [0.15, 0.2) is 24.3 Å². The first-order valence-corrected chi connectivity index (χ1v) is 11.9. The van der Waals surface area contributed by atoms with Gasteiger partial charge in [-0.1, -0.05) is 63.7 Å². The average molecular weight is 586 g/mol. The fourth-order valence-corrected chi connectivity index (χ4v) is 4.81. The van der Waals surface area contributed by atoms with E-state index in [1.165, 1.54) is 0 Å². The Morgan fingerprint density at radius 3 is 0.958 bits per heavy atom. The van der Waals surface area contributed by atoms with E-state index >= 15 is 0 Å². The maximum atomic E-state index is 9.67. The van der Waals surface area contributed by atoms with Gasteiger partial charge in [-0.3, -0.25) is 0 Å². The molecule has 2 aromatic carbocycles. The molecule has 2 aromatic rings. The Morgan fingerprint density at radius 2 is 0.792 bits per heavy atom.